The number of hydrogen-bond acceptors (Lipinski definition) is 2. The molecule has 0 heterocycles. The highest BCUT2D eigenvalue weighted by molar-refractivity contribution is 6.31. The van der Waals surface area contributed by atoms with Gasteiger partial charge in [0.05, 0.1) is 5.56 Å². The Morgan fingerprint density at radius 2 is 1.73 bits per heavy atom. The molecule has 0 aromatic heterocycles. The molecular weight excluding hydrogens is 314 g/mol. The molecule has 2 amide bonds. The van der Waals surface area contributed by atoms with E-state index in [1.165, 1.54) is 0 Å². The van der Waals surface area contributed by atoms with E-state index in [2.05, 4.69) is 5.32 Å². The van der Waals surface area contributed by atoms with Crippen molar-refractivity contribution in [3.8, 4) is 0 Å². The second kappa shape index (κ2) is 6.53. The van der Waals surface area contributed by atoms with Crippen LogP contribution in [0.2, 0.25) is 5.02 Å². The van der Waals surface area contributed by atoms with Crippen molar-refractivity contribution in [2.75, 3.05) is 0 Å². The smallest absolute Gasteiger partial charge is 0.255 e. The molecule has 0 aliphatic heterocycles. The van der Waals surface area contributed by atoms with E-state index in [0.29, 0.717) is 5.56 Å². The zero-order valence-corrected chi connectivity index (χ0v) is 11.9. The van der Waals surface area contributed by atoms with E-state index in [4.69, 9.17) is 17.3 Å². The summed E-state index contributed by atoms with van der Waals surface area (Å²) >= 11 is 5.42. The van der Waals surface area contributed by atoms with Gasteiger partial charge in [0.25, 0.3) is 5.91 Å². The van der Waals surface area contributed by atoms with Gasteiger partial charge in [-0.25, -0.2) is 8.78 Å². The normalized spacial score (nSPS) is 11.8. The number of primary amides is 1. The minimum atomic E-state index is -1.20. The van der Waals surface area contributed by atoms with E-state index in [-0.39, 0.29) is 0 Å². The molecule has 1 atom stereocenters. The fraction of sp³-hybridized carbons (Fsp3) is 0.0667. The number of amides is 2. The van der Waals surface area contributed by atoms with E-state index in [1.54, 1.807) is 30.3 Å². The number of hydrogen-bond donors (Lipinski definition) is 2. The van der Waals surface area contributed by atoms with Gasteiger partial charge in [0.15, 0.2) is 5.82 Å². The van der Waals surface area contributed by atoms with Crippen LogP contribution in [0.25, 0.3) is 0 Å². The minimum absolute atomic E-state index is 0.442. The van der Waals surface area contributed by atoms with Gasteiger partial charge >= 0.3 is 0 Å². The fourth-order valence-electron chi connectivity index (χ4n) is 1.87. The lowest BCUT2D eigenvalue weighted by atomic mass is 10.1. The maximum Gasteiger partial charge on any atom is 0.255 e. The number of nitrogens with one attached hydrogen (secondary N) is 1. The predicted molar refractivity (Wildman–Crippen MR) is 77.2 cm³/mol. The summed E-state index contributed by atoms with van der Waals surface area (Å²) < 4.78 is 26.9. The average Bonchev–Trinajstić information content (AvgIpc) is 2.50. The number of benzene rings is 2. The molecule has 0 radical (unpaired) electrons. The molecule has 114 valence electrons. The zero-order chi connectivity index (χ0) is 16.3. The lowest BCUT2D eigenvalue weighted by Crippen LogP contribution is -2.37. The van der Waals surface area contributed by atoms with Crippen molar-refractivity contribution in [1.29, 1.82) is 0 Å². The fourth-order valence-corrected chi connectivity index (χ4v) is 2.04. The Bertz CT molecular complexity index is 723. The molecule has 7 heteroatoms. The van der Waals surface area contributed by atoms with E-state index in [9.17, 15) is 18.4 Å². The molecule has 0 bridgehead atoms. The molecule has 2 rings (SSSR count). The van der Waals surface area contributed by atoms with Crippen LogP contribution in [0.4, 0.5) is 8.78 Å². The van der Waals surface area contributed by atoms with Crippen molar-refractivity contribution in [2.45, 2.75) is 6.04 Å². The monoisotopic (exact) mass is 324 g/mol. The third kappa shape index (κ3) is 3.23. The lowest BCUT2D eigenvalue weighted by molar-refractivity contribution is -0.120. The van der Waals surface area contributed by atoms with Gasteiger partial charge < -0.3 is 11.1 Å². The number of rotatable bonds is 4. The Morgan fingerprint density at radius 3 is 2.32 bits per heavy atom. The first-order valence-electron chi connectivity index (χ1n) is 6.20. The SMILES string of the molecule is NC(=O)C(NC(=O)c1ccc(F)c(Cl)c1F)c1ccccc1. The van der Waals surface area contributed by atoms with Crippen LogP contribution in [-0.4, -0.2) is 11.8 Å². The van der Waals surface area contributed by atoms with Crippen LogP contribution in [0.1, 0.15) is 22.0 Å². The van der Waals surface area contributed by atoms with Crippen LogP contribution >= 0.6 is 11.6 Å². The van der Waals surface area contributed by atoms with Crippen molar-refractivity contribution in [3.63, 3.8) is 0 Å². The highest BCUT2D eigenvalue weighted by atomic mass is 35.5. The molecule has 0 saturated heterocycles. The van der Waals surface area contributed by atoms with Gasteiger partial charge in [-0.1, -0.05) is 41.9 Å². The highest BCUT2D eigenvalue weighted by Crippen LogP contribution is 2.22. The minimum Gasteiger partial charge on any atom is -0.368 e. The van der Waals surface area contributed by atoms with Crippen LogP contribution < -0.4 is 11.1 Å². The Balaban J connectivity index is 2.30. The summed E-state index contributed by atoms with van der Waals surface area (Å²) in [7, 11) is 0. The predicted octanol–water partition coefficient (Wildman–Crippen LogP) is 2.57. The molecular formula is C15H11ClF2N2O2. The molecule has 0 saturated carbocycles. The molecule has 22 heavy (non-hydrogen) atoms. The molecule has 2 aromatic rings. The summed E-state index contributed by atoms with van der Waals surface area (Å²) in [6, 6.07) is 8.88. The van der Waals surface area contributed by atoms with E-state index >= 15 is 0 Å². The number of halogens is 3. The van der Waals surface area contributed by atoms with Crippen LogP contribution in [0.5, 0.6) is 0 Å². The van der Waals surface area contributed by atoms with Gasteiger partial charge in [0.1, 0.15) is 16.9 Å². The third-order valence-electron chi connectivity index (χ3n) is 2.97. The summed E-state index contributed by atoms with van der Waals surface area (Å²) in [5, 5.41) is 1.51. The summed E-state index contributed by atoms with van der Waals surface area (Å²) in [6.45, 7) is 0. The molecule has 0 aliphatic carbocycles. The van der Waals surface area contributed by atoms with Crippen LogP contribution in [0.3, 0.4) is 0 Å². The van der Waals surface area contributed by atoms with Crippen molar-refractivity contribution in [1.82, 2.24) is 5.32 Å². The van der Waals surface area contributed by atoms with Crippen molar-refractivity contribution >= 4 is 23.4 Å². The Morgan fingerprint density at radius 1 is 1.09 bits per heavy atom. The summed E-state index contributed by atoms with van der Waals surface area (Å²) in [4.78, 5) is 23.6. The molecule has 1 unspecified atom stereocenters. The maximum atomic E-state index is 13.8. The number of carbonyl (C=O) groups is 2. The Kier molecular flexibility index (Phi) is 4.72. The number of nitrogens with two attached hydrogens (primary N) is 1. The largest absolute Gasteiger partial charge is 0.368 e. The van der Waals surface area contributed by atoms with Gasteiger partial charge in [-0.2, -0.15) is 0 Å². The van der Waals surface area contributed by atoms with E-state index in [1.807, 2.05) is 0 Å². The van der Waals surface area contributed by atoms with Crippen molar-refractivity contribution in [3.05, 3.63) is 70.2 Å². The second-order valence-electron chi connectivity index (χ2n) is 4.44. The standard InChI is InChI=1S/C15H11ClF2N2O2/c16-11-10(17)7-6-9(12(11)18)15(22)20-13(14(19)21)8-4-2-1-3-5-8/h1-7,13H,(H2,19,21)(H,20,22). The highest BCUT2D eigenvalue weighted by Gasteiger charge is 2.24. The first-order chi connectivity index (χ1) is 10.4. The molecule has 0 aliphatic rings. The Hall–Kier alpha value is -2.47. The molecule has 3 N–H and O–H groups in total. The zero-order valence-electron chi connectivity index (χ0n) is 11.1. The Labute approximate surface area is 129 Å². The molecule has 0 fully saturated rings. The molecule has 2 aromatic carbocycles. The first kappa shape index (κ1) is 15.9. The lowest BCUT2D eigenvalue weighted by Gasteiger charge is -2.16. The first-order valence-corrected chi connectivity index (χ1v) is 6.58. The maximum absolute atomic E-state index is 13.8. The summed E-state index contributed by atoms with van der Waals surface area (Å²) in [6.07, 6.45) is 0. The third-order valence-corrected chi connectivity index (χ3v) is 3.32. The topological polar surface area (TPSA) is 72.2 Å². The van der Waals surface area contributed by atoms with E-state index < -0.39 is 40.1 Å². The van der Waals surface area contributed by atoms with Crippen LogP contribution in [-0.2, 0) is 4.79 Å². The molecule has 4 nitrogen and oxygen atoms in total. The van der Waals surface area contributed by atoms with Gasteiger partial charge in [-0.05, 0) is 17.7 Å². The number of carbonyl (C=O) groups excluding carboxylic acids is 2. The summed E-state index contributed by atoms with van der Waals surface area (Å²) in [5.74, 6) is -3.92. The van der Waals surface area contributed by atoms with Crippen molar-refractivity contribution in [2.24, 2.45) is 5.73 Å². The van der Waals surface area contributed by atoms with Gasteiger partial charge in [-0.15, -0.1) is 0 Å². The van der Waals surface area contributed by atoms with Crippen LogP contribution in [0.15, 0.2) is 42.5 Å². The van der Waals surface area contributed by atoms with Crippen molar-refractivity contribution < 1.29 is 18.4 Å². The quantitative estimate of drug-likeness (QED) is 0.848. The van der Waals surface area contributed by atoms with Gasteiger partial charge in [0, 0.05) is 0 Å². The van der Waals surface area contributed by atoms with E-state index in [0.717, 1.165) is 12.1 Å². The van der Waals surface area contributed by atoms with Gasteiger partial charge in [0.2, 0.25) is 5.91 Å². The summed E-state index contributed by atoms with van der Waals surface area (Å²) in [5.41, 5.74) is 5.22. The van der Waals surface area contributed by atoms with Crippen LogP contribution in [0, 0.1) is 11.6 Å². The molecule has 0 spiro atoms. The van der Waals surface area contributed by atoms with Gasteiger partial charge in [-0.3, -0.25) is 9.59 Å². The second-order valence-corrected chi connectivity index (χ2v) is 4.82. The average molecular weight is 325 g/mol.